The maximum atomic E-state index is 5.72. The predicted octanol–water partition coefficient (Wildman–Crippen LogP) is 3.81. The van der Waals surface area contributed by atoms with Crippen molar-refractivity contribution < 1.29 is 4.74 Å². The minimum Gasteiger partial charge on any atom is -0.379 e. The molecule has 2 rings (SSSR count). The fourth-order valence-corrected chi connectivity index (χ4v) is 2.53. The van der Waals surface area contributed by atoms with E-state index in [1.54, 1.807) is 0 Å². The number of hydrogen-bond donors (Lipinski definition) is 1. The van der Waals surface area contributed by atoms with E-state index in [-0.39, 0.29) is 0 Å². The minimum atomic E-state index is 0.597. The molecular weight excluding hydrogens is 260 g/mol. The number of para-hydroxylation sites is 1. The van der Waals surface area contributed by atoms with E-state index >= 15 is 0 Å². The van der Waals surface area contributed by atoms with Crippen LogP contribution in [0.3, 0.4) is 0 Å². The summed E-state index contributed by atoms with van der Waals surface area (Å²) in [6, 6.07) is 8.63. The van der Waals surface area contributed by atoms with Crippen LogP contribution in [0.4, 0.5) is 0 Å². The highest BCUT2D eigenvalue weighted by atomic mass is 16.5. The summed E-state index contributed by atoms with van der Waals surface area (Å²) in [5.74, 6) is 0.597. The Hall–Kier alpha value is -1.32. The predicted molar refractivity (Wildman–Crippen MR) is 89.6 cm³/mol. The molecule has 0 spiro atoms. The van der Waals surface area contributed by atoms with Crippen molar-refractivity contribution in [1.29, 1.82) is 0 Å². The van der Waals surface area contributed by atoms with Gasteiger partial charge in [0.05, 0.1) is 6.61 Å². The van der Waals surface area contributed by atoms with Crippen LogP contribution in [0.2, 0.25) is 0 Å². The van der Waals surface area contributed by atoms with Gasteiger partial charge in [0.1, 0.15) is 0 Å². The Morgan fingerprint density at radius 1 is 1.24 bits per heavy atom. The molecule has 1 aromatic heterocycles. The van der Waals surface area contributed by atoms with Crippen LogP contribution in [0, 0.1) is 5.92 Å². The Morgan fingerprint density at radius 3 is 2.81 bits per heavy atom. The van der Waals surface area contributed by atoms with Crippen LogP contribution in [-0.2, 0) is 17.8 Å². The molecule has 0 unspecified atom stereocenters. The van der Waals surface area contributed by atoms with Crippen LogP contribution >= 0.6 is 0 Å². The number of hydrogen-bond acceptors (Lipinski definition) is 2. The summed E-state index contributed by atoms with van der Waals surface area (Å²) in [6.07, 6.45) is 3.44. The summed E-state index contributed by atoms with van der Waals surface area (Å²) in [5, 5.41) is 4.85. The van der Waals surface area contributed by atoms with E-state index in [4.69, 9.17) is 4.74 Å². The van der Waals surface area contributed by atoms with Gasteiger partial charge in [0.2, 0.25) is 0 Å². The Labute approximate surface area is 128 Å². The molecule has 0 bridgehead atoms. The highest BCUT2D eigenvalue weighted by Gasteiger charge is 2.07. The molecule has 0 amide bonds. The molecule has 0 radical (unpaired) electrons. The second-order valence-corrected chi connectivity index (χ2v) is 6.01. The molecule has 0 aliphatic carbocycles. The van der Waals surface area contributed by atoms with Gasteiger partial charge < -0.3 is 14.6 Å². The summed E-state index contributed by atoms with van der Waals surface area (Å²) < 4.78 is 8.04. The molecule has 1 aromatic carbocycles. The zero-order valence-corrected chi connectivity index (χ0v) is 13.6. The molecule has 3 heteroatoms. The second-order valence-electron chi connectivity index (χ2n) is 6.01. The number of fused-ring (bicyclic) bond motifs is 1. The van der Waals surface area contributed by atoms with Gasteiger partial charge >= 0.3 is 0 Å². The van der Waals surface area contributed by atoms with Gasteiger partial charge in [-0.05, 0) is 30.5 Å². The number of nitrogens with one attached hydrogen (secondary N) is 1. The van der Waals surface area contributed by atoms with Gasteiger partial charge in [-0.25, -0.2) is 0 Å². The number of ether oxygens (including phenoxy) is 1. The van der Waals surface area contributed by atoms with Crippen molar-refractivity contribution in [3.63, 3.8) is 0 Å². The molecule has 0 aliphatic rings. The Bertz CT molecular complexity index is 545. The molecule has 1 heterocycles. The molecule has 21 heavy (non-hydrogen) atoms. The Morgan fingerprint density at radius 2 is 2.05 bits per heavy atom. The van der Waals surface area contributed by atoms with Crippen molar-refractivity contribution in [2.24, 2.45) is 5.92 Å². The highest BCUT2D eigenvalue weighted by Crippen LogP contribution is 2.21. The fourth-order valence-electron chi connectivity index (χ4n) is 2.53. The van der Waals surface area contributed by atoms with Gasteiger partial charge in [0.25, 0.3) is 0 Å². The van der Waals surface area contributed by atoms with Crippen molar-refractivity contribution in [2.45, 2.75) is 40.3 Å². The lowest BCUT2D eigenvalue weighted by Crippen LogP contribution is -2.13. The summed E-state index contributed by atoms with van der Waals surface area (Å²) >= 11 is 0. The first-order chi connectivity index (χ1) is 10.2. The molecule has 1 N–H and O–H groups in total. The minimum absolute atomic E-state index is 0.597. The zero-order valence-electron chi connectivity index (χ0n) is 13.6. The molecule has 116 valence electrons. The van der Waals surface area contributed by atoms with Crippen molar-refractivity contribution in [1.82, 2.24) is 9.88 Å². The number of rotatable bonds is 9. The molecule has 0 saturated heterocycles. The van der Waals surface area contributed by atoms with Crippen molar-refractivity contribution in [2.75, 3.05) is 19.8 Å². The Balaban J connectivity index is 2.04. The maximum absolute atomic E-state index is 5.72. The average molecular weight is 288 g/mol. The smallest absolute Gasteiger partial charge is 0.0645 e. The van der Waals surface area contributed by atoms with E-state index in [0.29, 0.717) is 5.92 Å². The third kappa shape index (κ3) is 4.58. The van der Waals surface area contributed by atoms with Gasteiger partial charge in [-0.1, -0.05) is 39.0 Å². The first kappa shape index (κ1) is 16.1. The standard InChI is InChI=1S/C18H28N2O/c1-4-9-19-12-16-13-20(10-11-21-14-15(2)3)18-8-6-5-7-17(16)18/h5-8,13,15,19H,4,9-12,14H2,1-3H3. The molecule has 0 aliphatic heterocycles. The normalized spacial score (nSPS) is 11.6. The van der Waals surface area contributed by atoms with E-state index in [1.165, 1.54) is 22.9 Å². The van der Waals surface area contributed by atoms with Crippen LogP contribution in [0.15, 0.2) is 30.5 Å². The van der Waals surface area contributed by atoms with Crippen molar-refractivity contribution >= 4 is 10.9 Å². The lowest BCUT2D eigenvalue weighted by atomic mass is 10.2. The van der Waals surface area contributed by atoms with Gasteiger partial charge in [0, 0.05) is 36.8 Å². The van der Waals surface area contributed by atoms with Gasteiger partial charge in [-0.2, -0.15) is 0 Å². The molecule has 0 saturated carbocycles. The number of nitrogens with zero attached hydrogens (tertiary/aromatic N) is 1. The van der Waals surface area contributed by atoms with Crippen LogP contribution in [0.25, 0.3) is 10.9 Å². The quantitative estimate of drug-likeness (QED) is 0.710. The molecule has 2 aromatic rings. The molecule has 0 atom stereocenters. The van der Waals surface area contributed by atoms with E-state index in [2.05, 4.69) is 61.1 Å². The van der Waals surface area contributed by atoms with E-state index in [1.807, 2.05) is 0 Å². The lowest BCUT2D eigenvalue weighted by Gasteiger charge is -2.08. The maximum Gasteiger partial charge on any atom is 0.0645 e. The van der Waals surface area contributed by atoms with Gasteiger partial charge in [0.15, 0.2) is 0 Å². The first-order valence-electron chi connectivity index (χ1n) is 8.07. The van der Waals surface area contributed by atoms with E-state index in [0.717, 1.165) is 32.8 Å². The summed E-state index contributed by atoms with van der Waals surface area (Å²) in [4.78, 5) is 0. The van der Waals surface area contributed by atoms with E-state index in [9.17, 15) is 0 Å². The molecule has 3 nitrogen and oxygen atoms in total. The topological polar surface area (TPSA) is 26.2 Å². The number of aromatic nitrogens is 1. The van der Waals surface area contributed by atoms with Crippen LogP contribution in [0.1, 0.15) is 32.8 Å². The third-order valence-electron chi connectivity index (χ3n) is 3.54. The summed E-state index contributed by atoms with van der Waals surface area (Å²) in [6.45, 7) is 11.1. The van der Waals surface area contributed by atoms with Gasteiger partial charge in [-0.15, -0.1) is 0 Å². The zero-order chi connectivity index (χ0) is 15.1. The van der Waals surface area contributed by atoms with E-state index < -0.39 is 0 Å². The molecular formula is C18H28N2O. The van der Waals surface area contributed by atoms with Gasteiger partial charge in [-0.3, -0.25) is 0 Å². The largest absolute Gasteiger partial charge is 0.379 e. The third-order valence-corrected chi connectivity index (χ3v) is 3.54. The summed E-state index contributed by atoms with van der Waals surface area (Å²) in [7, 11) is 0. The lowest BCUT2D eigenvalue weighted by molar-refractivity contribution is 0.104. The fraction of sp³-hybridized carbons (Fsp3) is 0.556. The second kappa shape index (κ2) is 8.20. The van der Waals surface area contributed by atoms with Crippen LogP contribution in [-0.4, -0.2) is 24.3 Å². The first-order valence-corrected chi connectivity index (χ1v) is 8.07. The Kier molecular flexibility index (Phi) is 6.27. The monoisotopic (exact) mass is 288 g/mol. The number of benzene rings is 1. The van der Waals surface area contributed by atoms with Crippen molar-refractivity contribution in [3.8, 4) is 0 Å². The highest BCUT2D eigenvalue weighted by molar-refractivity contribution is 5.83. The van der Waals surface area contributed by atoms with Crippen LogP contribution in [0.5, 0.6) is 0 Å². The van der Waals surface area contributed by atoms with Crippen molar-refractivity contribution in [3.05, 3.63) is 36.0 Å². The van der Waals surface area contributed by atoms with Crippen LogP contribution < -0.4 is 5.32 Å². The SMILES string of the molecule is CCCNCc1cn(CCOCC(C)C)c2ccccc12. The average Bonchev–Trinajstić information content (AvgIpc) is 2.82. The summed E-state index contributed by atoms with van der Waals surface area (Å²) in [5.41, 5.74) is 2.68. The molecule has 0 fully saturated rings.